The Labute approximate surface area is 190 Å². The fourth-order valence-corrected chi connectivity index (χ4v) is 2.83. The van der Waals surface area contributed by atoms with Gasteiger partial charge in [-0.05, 0) is 31.0 Å². The molecule has 1 aromatic carbocycles. The highest BCUT2D eigenvalue weighted by Gasteiger charge is 2.13. The van der Waals surface area contributed by atoms with Crippen LogP contribution in [0.1, 0.15) is 53.7 Å². The molecule has 0 fully saturated rings. The van der Waals surface area contributed by atoms with Crippen molar-refractivity contribution < 1.29 is 9.32 Å². The van der Waals surface area contributed by atoms with E-state index in [4.69, 9.17) is 4.52 Å². The molecule has 1 aromatic heterocycles. The lowest BCUT2D eigenvalue weighted by Gasteiger charge is -2.12. The molecule has 1 amide bonds. The van der Waals surface area contributed by atoms with Gasteiger partial charge in [0, 0.05) is 44.7 Å². The third-order valence-electron chi connectivity index (χ3n) is 4.41. The maximum atomic E-state index is 12.0. The van der Waals surface area contributed by atoms with E-state index in [0.29, 0.717) is 18.7 Å². The second kappa shape index (κ2) is 12.5. The Bertz CT molecular complexity index is 778. The number of halogens is 1. The van der Waals surface area contributed by atoms with Gasteiger partial charge in [0.05, 0.1) is 12.2 Å². The average Bonchev–Trinajstić information content (AvgIpc) is 3.11. The molecule has 0 saturated carbocycles. The number of hydrogen-bond acceptors (Lipinski definition) is 4. The lowest BCUT2D eigenvalue weighted by Crippen LogP contribution is -2.37. The zero-order chi connectivity index (χ0) is 20.5. The van der Waals surface area contributed by atoms with E-state index in [1.54, 1.807) is 19.0 Å². The van der Waals surface area contributed by atoms with Crippen molar-refractivity contribution in [2.45, 2.75) is 46.7 Å². The van der Waals surface area contributed by atoms with Crippen LogP contribution in [-0.4, -0.2) is 42.6 Å². The molecule has 7 nitrogen and oxygen atoms in total. The van der Waals surface area contributed by atoms with Crippen molar-refractivity contribution in [3.8, 4) is 0 Å². The molecule has 0 aliphatic heterocycles. The molecule has 0 saturated heterocycles. The lowest BCUT2D eigenvalue weighted by molar-refractivity contribution is 0.0827. The van der Waals surface area contributed by atoms with Gasteiger partial charge >= 0.3 is 0 Å². The number of carbonyl (C=O) groups is 1. The SMILES string of the molecule is CCNC(=NCc1ccc(C(=O)N(C)C)cc1)NCc1c(CC)noc1CC.I. The van der Waals surface area contributed by atoms with E-state index >= 15 is 0 Å². The van der Waals surface area contributed by atoms with Gasteiger partial charge in [-0.3, -0.25) is 4.79 Å². The summed E-state index contributed by atoms with van der Waals surface area (Å²) in [6.45, 7) is 8.09. The molecule has 0 radical (unpaired) electrons. The minimum atomic E-state index is -0.00256. The van der Waals surface area contributed by atoms with Gasteiger partial charge < -0.3 is 20.1 Å². The van der Waals surface area contributed by atoms with Crippen molar-refractivity contribution in [1.29, 1.82) is 0 Å². The Morgan fingerprint density at radius 1 is 1.10 bits per heavy atom. The van der Waals surface area contributed by atoms with E-state index in [9.17, 15) is 4.79 Å². The molecule has 0 aliphatic carbocycles. The molecule has 1 heterocycles. The Kier molecular flexibility index (Phi) is 10.7. The summed E-state index contributed by atoms with van der Waals surface area (Å²) < 4.78 is 5.42. The third-order valence-corrected chi connectivity index (χ3v) is 4.41. The summed E-state index contributed by atoms with van der Waals surface area (Å²) >= 11 is 0. The van der Waals surface area contributed by atoms with Crippen LogP contribution in [0.2, 0.25) is 0 Å². The van der Waals surface area contributed by atoms with E-state index in [1.165, 1.54) is 0 Å². The molecule has 0 spiro atoms. The Morgan fingerprint density at radius 2 is 1.79 bits per heavy atom. The number of aromatic nitrogens is 1. The molecular weight excluding hydrogens is 481 g/mol. The quantitative estimate of drug-likeness (QED) is 0.322. The second-order valence-corrected chi connectivity index (χ2v) is 6.68. The largest absolute Gasteiger partial charge is 0.361 e. The van der Waals surface area contributed by atoms with Gasteiger partial charge in [0.2, 0.25) is 0 Å². The predicted octanol–water partition coefficient (Wildman–Crippen LogP) is 3.37. The van der Waals surface area contributed by atoms with E-state index < -0.39 is 0 Å². The first-order chi connectivity index (χ1) is 13.5. The fraction of sp³-hybridized carbons (Fsp3) is 0.476. The number of aryl methyl sites for hydroxylation is 2. The number of aliphatic imine (C=N–C) groups is 1. The average molecular weight is 513 g/mol. The summed E-state index contributed by atoms with van der Waals surface area (Å²) in [5, 5.41) is 10.8. The van der Waals surface area contributed by atoms with Gasteiger partial charge in [0.15, 0.2) is 5.96 Å². The number of rotatable bonds is 8. The molecule has 2 rings (SSSR count). The second-order valence-electron chi connectivity index (χ2n) is 6.68. The molecule has 0 atom stereocenters. The molecule has 2 N–H and O–H groups in total. The summed E-state index contributed by atoms with van der Waals surface area (Å²) in [7, 11) is 3.50. The normalized spacial score (nSPS) is 11.0. The van der Waals surface area contributed by atoms with Crippen molar-refractivity contribution in [2.24, 2.45) is 4.99 Å². The Hall–Kier alpha value is -2.10. The number of guanidine groups is 1. The Morgan fingerprint density at radius 3 is 2.34 bits per heavy atom. The van der Waals surface area contributed by atoms with Crippen LogP contribution in [0.15, 0.2) is 33.8 Å². The number of hydrogen-bond donors (Lipinski definition) is 2. The molecule has 8 heteroatoms. The lowest BCUT2D eigenvalue weighted by atomic mass is 10.1. The number of benzene rings is 1. The van der Waals surface area contributed by atoms with Gasteiger partial charge in [0.25, 0.3) is 5.91 Å². The van der Waals surface area contributed by atoms with E-state index in [-0.39, 0.29) is 29.9 Å². The first-order valence-corrected chi connectivity index (χ1v) is 9.79. The highest BCUT2D eigenvalue weighted by atomic mass is 127. The van der Waals surface area contributed by atoms with Crippen LogP contribution >= 0.6 is 24.0 Å². The first-order valence-electron chi connectivity index (χ1n) is 9.79. The zero-order valence-corrected chi connectivity index (χ0v) is 20.2. The predicted molar refractivity (Wildman–Crippen MR) is 127 cm³/mol. The van der Waals surface area contributed by atoms with Crippen molar-refractivity contribution in [1.82, 2.24) is 20.7 Å². The summed E-state index contributed by atoms with van der Waals surface area (Å²) in [4.78, 5) is 18.2. The topological polar surface area (TPSA) is 82.8 Å². The fourth-order valence-electron chi connectivity index (χ4n) is 2.83. The molecule has 0 aliphatic rings. The van der Waals surface area contributed by atoms with E-state index in [0.717, 1.165) is 47.9 Å². The van der Waals surface area contributed by atoms with E-state index in [2.05, 4.69) is 34.6 Å². The smallest absolute Gasteiger partial charge is 0.253 e. The highest BCUT2D eigenvalue weighted by molar-refractivity contribution is 14.0. The van der Waals surface area contributed by atoms with Crippen LogP contribution in [0.25, 0.3) is 0 Å². The number of carbonyl (C=O) groups excluding carboxylic acids is 1. The number of nitrogens with one attached hydrogen (secondary N) is 2. The highest BCUT2D eigenvalue weighted by Crippen LogP contribution is 2.15. The maximum absolute atomic E-state index is 12.0. The molecular formula is C21H32IN5O2. The third kappa shape index (κ3) is 7.02. The van der Waals surface area contributed by atoms with E-state index in [1.807, 2.05) is 31.2 Å². The monoisotopic (exact) mass is 513 g/mol. The molecule has 0 bridgehead atoms. The van der Waals surface area contributed by atoms with Crippen LogP contribution in [-0.2, 0) is 25.9 Å². The maximum Gasteiger partial charge on any atom is 0.253 e. The van der Waals surface area contributed by atoms with Gasteiger partial charge in [-0.1, -0.05) is 31.1 Å². The molecule has 160 valence electrons. The zero-order valence-electron chi connectivity index (χ0n) is 17.9. The van der Waals surface area contributed by atoms with Crippen LogP contribution in [0.3, 0.4) is 0 Å². The van der Waals surface area contributed by atoms with Crippen LogP contribution in [0.5, 0.6) is 0 Å². The van der Waals surface area contributed by atoms with Crippen molar-refractivity contribution in [3.63, 3.8) is 0 Å². The van der Waals surface area contributed by atoms with Crippen molar-refractivity contribution in [3.05, 3.63) is 52.4 Å². The number of nitrogens with zero attached hydrogens (tertiary/aromatic N) is 3. The van der Waals surface area contributed by atoms with Gasteiger partial charge in [-0.25, -0.2) is 4.99 Å². The Balaban J connectivity index is 0.00000420. The molecule has 2 aromatic rings. The summed E-state index contributed by atoms with van der Waals surface area (Å²) in [6, 6.07) is 7.56. The van der Waals surface area contributed by atoms with Gasteiger partial charge in [-0.15, -0.1) is 24.0 Å². The van der Waals surface area contributed by atoms with Crippen LogP contribution < -0.4 is 10.6 Å². The number of amides is 1. The van der Waals surface area contributed by atoms with Gasteiger partial charge in [-0.2, -0.15) is 0 Å². The summed E-state index contributed by atoms with van der Waals surface area (Å²) in [5.74, 6) is 1.65. The standard InChI is InChI=1S/C21H31N5O2.HI/c1-6-18-17(19(7-2)28-25-18)14-24-21(22-8-3)23-13-15-9-11-16(12-10-15)20(27)26(4)5;/h9-12H,6-8,13-14H2,1-5H3,(H2,22,23,24);1H. The first kappa shape index (κ1) is 24.9. The summed E-state index contributed by atoms with van der Waals surface area (Å²) in [6.07, 6.45) is 1.65. The minimum absolute atomic E-state index is 0. The molecule has 29 heavy (non-hydrogen) atoms. The minimum Gasteiger partial charge on any atom is -0.361 e. The van der Waals surface area contributed by atoms with Gasteiger partial charge in [0.1, 0.15) is 5.76 Å². The van der Waals surface area contributed by atoms with Crippen LogP contribution in [0.4, 0.5) is 0 Å². The van der Waals surface area contributed by atoms with Crippen molar-refractivity contribution in [2.75, 3.05) is 20.6 Å². The molecule has 0 unspecified atom stereocenters. The summed E-state index contributed by atoms with van der Waals surface area (Å²) in [5.41, 5.74) is 3.82. The van der Waals surface area contributed by atoms with Crippen LogP contribution in [0, 0.1) is 0 Å². The van der Waals surface area contributed by atoms with Crippen molar-refractivity contribution >= 4 is 35.8 Å².